The zero-order chi connectivity index (χ0) is 10.7. The average molecular weight is 215 g/mol. The first-order valence-corrected chi connectivity index (χ1v) is 5.20. The van der Waals surface area contributed by atoms with Gasteiger partial charge in [0, 0.05) is 26.2 Å². The van der Waals surface area contributed by atoms with Crippen LogP contribution < -0.4 is 5.73 Å². The first-order chi connectivity index (χ1) is 6.52. The number of rotatable bonds is 2. The highest BCUT2D eigenvalue weighted by Gasteiger charge is 2.24. The Morgan fingerprint density at radius 1 is 1.36 bits per heavy atom. The molecule has 0 saturated carbocycles. The number of carbonyl (C=O) groups excluding carboxylic acids is 1. The van der Waals surface area contributed by atoms with Gasteiger partial charge in [0.25, 0.3) is 0 Å². The van der Waals surface area contributed by atoms with Gasteiger partial charge in [-0.25, -0.2) is 0 Å². The number of hydrogen-bond acceptors (Lipinski definition) is 3. The molecule has 1 aliphatic heterocycles. The zero-order valence-electron chi connectivity index (χ0n) is 8.69. The molecular weight excluding hydrogens is 198 g/mol. The normalized spacial score (nSPS) is 20.6. The third-order valence-corrected chi connectivity index (χ3v) is 2.97. The van der Waals surface area contributed by atoms with Crippen LogP contribution in [0, 0.1) is 5.92 Å². The van der Waals surface area contributed by atoms with Crippen LogP contribution in [0.1, 0.15) is 6.92 Å². The Balaban J connectivity index is 2.49. The molecule has 0 bridgehead atoms. The van der Waals surface area contributed by atoms with E-state index in [9.17, 15) is 4.79 Å². The largest absolute Gasteiger partial charge is 0.393 e. The third kappa shape index (κ3) is 2.65. The topological polar surface area (TPSA) is 49.6 Å². The molecule has 0 spiro atoms. The minimum absolute atomic E-state index is 0.0607. The lowest BCUT2D eigenvalue weighted by atomic mass is 10.1. The Morgan fingerprint density at radius 3 is 2.29 bits per heavy atom. The van der Waals surface area contributed by atoms with E-state index in [1.54, 1.807) is 6.92 Å². The average Bonchev–Trinajstić information content (AvgIpc) is 2.16. The van der Waals surface area contributed by atoms with Gasteiger partial charge < -0.3 is 15.5 Å². The molecule has 2 N–H and O–H groups in total. The fourth-order valence-electron chi connectivity index (χ4n) is 1.42. The summed E-state index contributed by atoms with van der Waals surface area (Å²) in [6.07, 6.45) is 0. The molecule has 1 atom stereocenters. The van der Waals surface area contributed by atoms with Gasteiger partial charge >= 0.3 is 0 Å². The molecule has 1 heterocycles. The van der Waals surface area contributed by atoms with Crippen molar-refractivity contribution in [3.05, 3.63) is 0 Å². The molecule has 1 unspecified atom stereocenters. The van der Waals surface area contributed by atoms with Crippen LogP contribution in [-0.2, 0) is 4.79 Å². The highest BCUT2D eigenvalue weighted by atomic mass is 32.1. The van der Waals surface area contributed by atoms with Crippen molar-refractivity contribution >= 4 is 23.1 Å². The molecule has 0 aliphatic carbocycles. The molecule has 1 amide bonds. The lowest BCUT2D eigenvalue weighted by Gasteiger charge is -2.33. The van der Waals surface area contributed by atoms with E-state index in [0.29, 0.717) is 0 Å². The summed E-state index contributed by atoms with van der Waals surface area (Å²) in [5.74, 6) is -0.265. The predicted octanol–water partition coefficient (Wildman–Crippen LogP) is -0.317. The third-order valence-electron chi connectivity index (χ3n) is 2.61. The monoisotopic (exact) mass is 215 g/mol. The number of thiocarbonyl (C=S) groups is 1. The van der Waals surface area contributed by atoms with E-state index in [1.165, 1.54) is 0 Å². The maximum atomic E-state index is 11.8. The fraction of sp³-hybridized carbons (Fsp3) is 0.778. The van der Waals surface area contributed by atoms with Crippen molar-refractivity contribution in [3.8, 4) is 0 Å². The molecule has 0 aromatic rings. The maximum Gasteiger partial charge on any atom is 0.232 e. The molecule has 1 fully saturated rings. The van der Waals surface area contributed by atoms with Crippen molar-refractivity contribution in [2.75, 3.05) is 33.2 Å². The molecule has 5 heteroatoms. The Morgan fingerprint density at radius 2 is 1.86 bits per heavy atom. The molecule has 0 radical (unpaired) electrons. The van der Waals surface area contributed by atoms with Crippen LogP contribution in [0.15, 0.2) is 0 Å². The highest BCUT2D eigenvalue weighted by Crippen LogP contribution is 2.06. The quantitative estimate of drug-likeness (QED) is 0.642. The van der Waals surface area contributed by atoms with Gasteiger partial charge in [-0.1, -0.05) is 12.2 Å². The van der Waals surface area contributed by atoms with Crippen LogP contribution in [0.2, 0.25) is 0 Å². The first-order valence-electron chi connectivity index (χ1n) is 4.79. The van der Waals surface area contributed by atoms with Gasteiger partial charge in [-0.15, -0.1) is 0 Å². The summed E-state index contributed by atoms with van der Waals surface area (Å²) < 4.78 is 0. The van der Waals surface area contributed by atoms with E-state index in [0.717, 1.165) is 26.2 Å². The summed E-state index contributed by atoms with van der Waals surface area (Å²) in [6, 6.07) is 0. The van der Waals surface area contributed by atoms with Gasteiger partial charge in [0.2, 0.25) is 5.91 Å². The van der Waals surface area contributed by atoms with Crippen molar-refractivity contribution in [1.82, 2.24) is 9.80 Å². The summed E-state index contributed by atoms with van der Waals surface area (Å²) in [4.78, 5) is 16.1. The lowest BCUT2D eigenvalue weighted by molar-refractivity contribution is -0.134. The number of piperazine rings is 1. The number of nitrogens with zero attached hydrogens (tertiary/aromatic N) is 2. The van der Waals surface area contributed by atoms with Gasteiger partial charge in [-0.05, 0) is 14.0 Å². The molecule has 1 aliphatic rings. The van der Waals surface area contributed by atoms with Crippen molar-refractivity contribution in [2.45, 2.75) is 6.92 Å². The molecule has 0 aromatic carbocycles. The second-order valence-corrected chi connectivity index (χ2v) is 4.22. The summed E-state index contributed by atoms with van der Waals surface area (Å²) in [5.41, 5.74) is 5.44. The number of amides is 1. The Hall–Kier alpha value is -0.680. The van der Waals surface area contributed by atoms with Gasteiger partial charge in [0.05, 0.1) is 10.9 Å². The van der Waals surface area contributed by atoms with Crippen molar-refractivity contribution in [1.29, 1.82) is 0 Å². The maximum absolute atomic E-state index is 11.8. The van der Waals surface area contributed by atoms with Crippen LogP contribution in [0.3, 0.4) is 0 Å². The van der Waals surface area contributed by atoms with Crippen molar-refractivity contribution in [2.24, 2.45) is 11.7 Å². The van der Waals surface area contributed by atoms with Crippen LogP contribution in [0.4, 0.5) is 0 Å². The second-order valence-electron chi connectivity index (χ2n) is 3.75. The summed E-state index contributed by atoms with van der Waals surface area (Å²) in [7, 11) is 2.05. The number of likely N-dealkylation sites (N-methyl/N-ethyl adjacent to an activating group) is 1. The van der Waals surface area contributed by atoms with Crippen LogP contribution in [0.5, 0.6) is 0 Å². The van der Waals surface area contributed by atoms with E-state index in [2.05, 4.69) is 11.9 Å². The minimum Gasteiger partial charge on any atom is -0.393 e. The SMILES string of the molecule is CC(C(=O)N1CCN(C)CC1)C(N)=S. The standard InChI is InChI=1S/C9H17N3OS/c1-7(8(10)14)9(13)12-5-3-11(2)4-6-12/h7H,3-6H2,1-2H3,(H2,10,14). The minimum atomic E-state index is -0.326. The molecule has 4 nitrogen and oxygen atoms in total. The first kappa shape index (κ1) is 11.4. The molecule has 14 heavy (non-hydrogen) atoms. The van der Waals surface area contributed by atoms with Crippen LogP contribution >= 0.6 is 12.2 Å². The highest BCUT2D eigenvalue weighted by molar-refractivity contribution is 7.80. The predicted molar refractivity (Wildman–Crippen MR) is 60.0 cm³/mol. The van der Waals surface area contributed by atoms with Crippen LogP contribution in [0.25, 0.3) is 0 Å². The van der Waals surface area contributed by atoms with Gasteiger partial charge in [0.1, 0.15) is 0 Å². The number of hydrogen-bond donors (Lipinski definition) is 1. The van der Waals surface area contributed by atoms with E-state index in [4.69, 9.17) is 18.0 Å². The smallest absolute Gasteiger partial charge is 0.232 e. The molecule has 0 aromatic heterocycles. The van der Waals surface area contributed by atoms with Gasteiger partial charge in [-0.3, -0.25) is 4.79 Å². The Bertz CT molecular complexity index is 236. The summed E-state index contributed by atoms with van der Waals surface area (Å²) >= 11 is 4.81. The van der Waals surface area contributed by atoms with E-state index in [1.807, 2.05) is 4.90 Å². The Kier molecular flexibility index (Phi) is 3.83. The Labute approximate surface area is 90.0 Å². The van der Waals surface area contributed by atoms with Gasteiger partial charge in [0.15, 0.2) is 0 Å². The molecular formula is C9H17N3OS. The zero-order valence-corrected chi connectivity index (χ0v) is 9.51. The van der Waals surface area contributed by atoms with E-state index in [-0.39, 0.29) is 16.8 Å². The molecule has 80 valence electrons. The van der Waals surface area contributed by atoms with E-state index < -0.39 is 0 Å². The van der Waals surface area contributed by atoms with Crippen LogP contribution in [-0.4, -0.2) is 53.9 Å². The summed E-state index contributed by atoms with van der Waals surface area (Å²) in [5, 5.41) is 0. The van der Waals surface area contributed by atoms with E-state index >= 15 is 0 Å². The van der Waals surface area contributed by atoms with Gasteiger partial charge in [-0.2, -0.15) is 0 Å². The van der Waals surface area contributed by atoms with Crippen molar-refractivity contribution in [3.63, 3.8) is 0 Å². The lowest BCUT2D eigenvalue weighted by Crippen LogP contribution is -2.50. The second kappa shape index (κ2) is 4.70. The number of carbonyl (C=O) groups is 1. The number of nitrogens with two attached hydrogens (primary N) is 1. The summed E-state index contributed by atoms with van der Waals surface area (Å²) in [6.45, 7) is 5.18. The van der Waals surface area contributed by atoms with Crippen molar-refractivity contribution < 1.29 is 4.79 Å². The molecule has 1 rings (SSSR count). The fourth-order valence-corrected chi connectivity index (χ4v) is 1.52. The molecule has 1 saturated heterocycles.